The minimum atomic E-state index is -1.10. The number of allylic oxidation sites excluding steroid dienone is 1. The molecule has 47 heavy (non-hydrogen) atoms. The molecule has 4 atom stereocenters. The molecule has 0 aromatic rings. The van der Waals surface area contributed by atoms with E-state index < -0.39 is 29.9 Å². The van der Waals surface area contributed by atoms with Crippen LogP contribution < -0.4 is 16.0 Å². The number of hydrogen-bond donors (Lipinski definition) is 4. The van der Waals surface area contributed by atoms with Crippen LogP contribution in [-0.2, 0) is 19.2 Å². The zero-order valence-electron chi connectivity index (χ0n) is 31.4. The summed E-state index contributed by atoms with van der Waals surface area (Å²) in [7, 11) is 0. The van der Waals surface area contributed by atoms with Gasteiger partial charge in [0.15, 0.2) is 5.78 Å². The standard InChI is InChI=1S/C20H36N2O3.C10H17NO3.C6H14.C2H4/c1-7-10-11-17(18(23)20(25)21-12-8-2)22-19(24)15(6)13-16(9-3)14(4)5;1-7(12)9(11-10(13)14)8-5-3-2-4-6-8;1-4-6(3)5-2;1-2/h7,14-17H,1,8-13H2,2-6H3,(H,21,25)(H,22,24);8-9,11H,2-6H2,1H3,(H,13,14);6H,4-5H2,1-3H3;1-2H2/t15?,16-,17?;;;/m0.../s1. The molecule has 3 unspecified atom stereocenters. The van der Waals surface area contributed by atoms with Crippen molar-refractivity contribution in [3.05, 3.63) is 25.8 Å². The molecule has 9 heteroatoms. The molecule has 1 aliphatic rings. The van der Waals surface area contributed by atoms with Gasteiger partial charge in [0.25, 0.3) is 5.91 Å². The highest BCUT2D eigenvalue weighted by Gasteiger charge is 2.29. The van der Waals surface area contributed by atoms with E-state index >= 15 is 0 Å². The summed E-state index contributed by atoms with van der Waals surface area (Å²) in [5.41, 5.74) is 0. The summed E-state index contributed by atoms with van der Waals surface area (Å²) in [6, 6.07) is -1.28. The lowest BCUT2D eigenvalue weighted by atomic mass is 9.82. The first-order valence-electron chi connectivity index (χ1n) is 17.9. The minimum Gasteiger partial charge on any atom is -0.465 e. The predicted octanol–water partition coefficient (Wildman–Crippen LogP) is 8.28. The van der Waals surface area contributed by atoms with Gasteiger partial charge in [-0.05, 0) is 69.1 Å². The van der Waals surface area contributed by atoms with E-state index in [0.29, 0.717) is 31.2 Å². The molecule has 4 N–H and O–H groups in total. The maximum Gasteiger partial charge on any atom is 0.405 e. The molecule has 274 valence electrons. The lowest BCUT2D eigenvalue weighted by Crippen LogP contribution is -2.49. The van der Waals surface area contributed by atoms with E-state index in [1.807, 2.05) is 13.8 Å². The molecule has 1 aliphatic carbocycles. The summed E-state index contributed by atoms with van der Waals surface area (Å²) in [4.78, 5) is 58.5. The summed E-state index contributed by atoms with van der Waals surface area (Å²) < 4.78 is 0. The molecule has 0 heterocycles. The van der Waals surface area contributed by atoms with E-state index in [-0.39, 0.29) is 23.5 Å². The third-order valence-corrected chi connectivity index (χ3v) is 8.85. The molecule has 0 aromatic heterocycles. The molecule has 3 amide bonds. The number of hydrogen-bond acceptors (Lipinski definition) is 5. The van der Waals surface area contributed by atoms with Gasteiger partial charge in [0.1, 0.15) is 0 Å². The number of carbonyl (C=O) groups excluding carboxylic acids is 4. The van der Waals surface area contributed by atoms with Crippen molar-refractivity contribution >= 4 is 29.5 Å². The topological polar surface area (TPSA) is 142 Å². The van der Waals surface area contributed by atoms with Gasteiger partial charge in [-0.2, -0.15) is 0 Å². The molecule has 0 saturated heterocycles. The summed E-state index contributed by atoms with van der Waals surface area (Å²) >= 11 is 0. The van der Waals surface area contributed by atoms with Crippen molar-refractivity contribution in [2.45, 2.75) is 151 Å². The molecule has 1 fully saturated rings. The van der Waals surface area contributed by atoms with E-state index in [0.717, 1.165) is 50.9 Å². The van der Waals surface area contributed by atoms with Crippen molar-refractivity contribution in [1.29, 1.82) is 0 Å². The first-order chi connectivity index (χ1) is 22.2. The summed E-state index contributed by atoms with van der Waals surface area (Å²) in [6.07, 6.45) is 12.1. The fourth-order valence-corrected chi connectivity index (χ4v) is 5.26. The Labute approximate surface area is 287 Å². The molecule has 1 rings (SSSR count). The van der Waals surface area contributed by atoms with Gasteiger partial charge in [-0.25, -0.2) is 4.79 Å². The first kappa shape index (κ1) is 48.4. The maximum absolute atomic E-state index is 12.5. The Balaban J connectivity index is -0.000000730. The molecule has 9 nitrogen and oxygen atoms in total. The van der Waals surface area contributed by atoms with Crippen molar-refractivity contribution in [1.82, 2.24) is 16.0 Å². The van der Waals surface area contributed by atoms with E-state index in [9.17, 15) is 24.0 Å². The van der Waals surface area contributed by atoms with Gasteiger partial charge in [-0.3, -0.25) is 19.2 Å². The van der Waals surface area contributed by atoms with Crippen molar-refractivity contribution < 1.29 is 29.1 Å². The second-order valence-electron chi connectivity index (χ2n) is 13.0. The van der Waals surface area contributed by atoms with Crippen LogP contribution in [0.25, 0.3) is 0 Å². The Hall–Kier alpha value is -2.97. The van der Waals surface area contributed by atoms with Crippen LogP contribution in [0.3, 0.4) is 0 Å². The molecular weight excluding hydrogens is 594 g/mol. The number of amides is 3. The average molecular weight is 666 g/mol. The molecule has 0 aromatic carbocycles. The summed E-state index contributed by atoms with van der Waals surface area (Å²) in [5.74, 6) is 0.495. The first-order valence-corrected chi connectivity index (χ1v) is 17.9. The van der Waals surface area contributed by atoms with Gasteiger partial charge < -0.3 is 21.1 Å². The number of ketones is 2. The highest BCUT2D eigenvalue weighted by Crippen LogP contribution is 2.27. The van der Waals surface area contributed by atoms with Crippen LogP contribution in [0, 0.1) is 29.6 Å². The van der Waals surface area contributed by atoms with Crippen LogP contribution in [0.4, 0.5) is 4.79 Å². The second kappa shape index (κ2) is 30.4. The second-order valence-corrected chi connectivity index (χ2v) is 13.0. The van der Waals surface area contributed by atoms with Gasteiger partial charge in [0, 0.05) is 12.5 Å². The van der Waals surface area contributed by atoms with Gasteiger partial charge in [0.2, 0.25) is 11.7 Å². The number of carbonyl (C=O) groups is 5. The van der Waals surface area contributed by atoms with Crippen LogP contribution in [0.2, 0.25) is 0 Å². The molecule has 0 bridgehead atoms. The van der Waals surface area contributed by atoms with E-state index in [2.05, 4.69) is 77.2 Å². The molecule has 0 radical (unpaired) electrons. The number of Topliss-reactive ketones (excluding diaryl/α,β-unsaturated/α-hetero) is 2. The summed E-state index contributed by atoms with van der Waals surface area (Å²) in [6.45, 7) is 28.5. The zero-order chi connectivity index (χ0) is 36.9. The van der Waals surface area contributed by atoms with Crippen LogP contribution in [0.5, 0.6) is 0 Å². The quantitative estimate of drug-likeness (QED) is 0.0858. The lowest BCUT2D eigenvalue weighted by molar-refractivity contribution is -0.140. The minimum absolute atomic E-state index is 0.0701. The monoisotopic (exact) mass is 666 g/mol. The lowest BCUT2D eigenvalue weighted by Gasteiger charge is -2.28. The molecule has 0 spiro atoms. The van der Waals surface area contributed by atoms with E-state index in [1.165, 1.54) is 26.2 Å². The van der Waals surface area contributed by atoms with Gasteiger partial charge >= 0.3 is 6.09 Å². The SMILES string of the molecule is C=C.C=CCCC(NC(=O)C(C)C[C@H](CC)C(C)C)C(=O)C(=O)NCCC.CC(=O)C(NC(=O)O)C1CCCCC1.CCC(C)CC. The summed E-state index contributed by atoms with van der Waals surface area (Å²) in [5, 5.41) is 16.3. The van der Waals surface area contributed by atoms with Crippen molar-refractivity contribution in [3.8, 4) is 0 Å². The third-order valence-electron chi connectivity index (χ3n) is 8.85. The number of nitrogens with one attached hydrogen (secondary N) is 3. The Morgan fingerprint density at radius 1 is 0.872 bits per heavy atom. The smallest absolute Gasteiger partial charge is 0.405 e. The fourth-order valence-electron chi connectivity index (χ4n) is 5.26. The van der Waals surface area contributed by atoms with E-state index in [1.54, 1.807) is 6.08 Å². The van der Waals surface area contributed by atoms with Crippen LogP contribution in [0.1, 0.15) is 139 Å². The fraction of sp³-hybridized carbons (Fsp3) is 0.763. The average Bonchev–Trinajstić information content (AvgIpc) is 3.07. The third kappa shape index (κ3) is 23.9. The van der Waals surface area contributed by atoms with Gasteiger partial charge in [0.05, 0.1) is 12.1 Å². The highest BCUT2D eigenvalue weighted by molar-refractivity contribution is 6.38. The molecular formula is C38H71N3O6. The van der Waals surface area contributed by atoms with Crippen molar-refractivity contribution in [2.24, 2.45) is 29.6 Å². The molecule has 0 aliphatic heterocycles. The maximum atomic E-state index is 12.5. The van der Waals surface area contributed by atoms with E-state index in [4.69, 9.17) is 5.11 Å². The van der Waals surface area contributed by atoms with Crippen molar-refractivity contribution in [2.75, 3.05) is 6.54 Å². The highest BCUT2D eigenvalue weighted by atomic mass is 16.4. The number of carboxylic acid groups (broad SMARTS) is 1. The van der Waals surface area contributed by atoms with Crippen molar-refractivity contribution in [3.63, 3.8) is 0 Å². The Morgan fingerprint density at radius 3 is 1.81 bits per heavy atom. The zero-order valence-corrected chi connectivity index (χ0v) is 31.4. The Kier molecular flexibility index (Phi) is 31.3. The van der Waals surface area contributed by atoms with Crippen LogP contribution >= 0.6 is 0 Å². The van der Waals surface area contributed by atoms with Gasteiger partial charge in [-0.1, -0.05) is 100.0 Å². The molecule has 1 saturated carbocycles. The van der Waals surface area contributed by atoms with Crippen LogP contribution in [0.15, 0.2) is 25.8 Å². The Bertz CT molecular complexity index is 881. The normalized spacial score (nSPS) is 15.0. The van der Waals surface area contributed by atoms with Crippen LogP contribution in [-0.4, -0.2) is 53.2 Å². The largest absolute Gasteiger partial charge is 0.465 e. The number of rotatable bonds is 18. The Morgan fingerprint density at radius 2 is 1.43 bits per heavy atom. The van der Waals surface area contributed by atoms with Gasteiger partial charge in [-0.15, -0.1) is 19.7 Å². The predicted molar refractivity (Wildman–Crippen MR) is 195 cm³/mol.